The van der Waals surface area contributed by atoms with E-state index in [1.54, 1.807) is 12.1 Å². The van der Waals surface area contributed by atoms with Crippen molar-refractivity contribution >= 4 is 29.1 Å². The number of unbranched alkanes of at least 4 members (excludes halogenated alkanes) is 1. The van der Waals surface area contributed by atoms with E-state index >= 15 is 0 Å². The minimum absolute atomic E-state index is 0.0505. The third-order valence-corrected chi connectivity index (χ3v) is 5.68. The van der Waals surface area contributed by atoms with Crippen LogP contribution in [0.2, 0.25) is 5.02 Å². The van der Waals surface area contributed by atoms with Gasteiger partial charge < -0.3 is 19.5 Å². The number of Topliss-reactive ketones (excluding diaryl/α,β-unsaturated/α-hetero) is 1. The first kappa shape index (κ1) is 23.7. The number of methoxy groups -OCH3 is 1. The largest absolute Gasteiger partial charge is 0.507 e. The lowest BCUT2D eigenvalue weighted by Gasteiger charge is -2.25. The molecule has 1 aliphatic heterocycles. The average Bonchev–Trinajstić information content (AvgIpc) is 3.06. The number of ketones is 1. The lowest BCUT2D eigenvalue weighted by atomic mass is 9.95. The van der Waals surface area contributed by atoms with Crippen molar-refractivity contribution in [3.8, 4) is 11.5 Å². The zero-order valence-electron chi connectivity index (χ0n) is 18.6. The minimum atomic E-state index is -0.707. The van der Waals surface area contributed by atoms with E-state index < -0.39 is 17.7 Å². The number of likely N-dealkylation sites (tertiary alicyclic amines) is 1. The highest BCUT2D eigenvalue weighted by Gasteiger charge is 2.45. The lowest BCUT2D eigenvalue weighted by Crippen LogP contribution is -2.30. The highest BCUT2D eigenvalue weighted by molar-refractivity contribution is 6.46. The fourth-order valence-electron chi connectivity index (χ4n) is 3.72. The van der Waals surface area contributed by atoms with Gasteiger partial charge in [-0.2, -0.15) is 0 Å². The summed E-state index contributed by atoms with van der Waals surface area (Å²) < 4.78 is 10.8. The van der Waals surface area contributed by atoms with E-state index in [1.807, 2.05) is 38.1 Å². The molecule has 0 aromatic heterocycles. The summed E-state index contributed by atoms with van der Waals surface area (Å²) in [6.07, 6.45) is 2.51. The standard InChI is InChI=1S/C25H28ClNO5/c1-4-6-13-27-22(16-7-10-18(11-8-16)32-14-5-2)21(24(29)25(27)30)23(28)17-9-12-20(31-3)19(26)15-17/h7-12,15,22,28H,4-6,13-14H2,1-3H3/b23-21-. The Kier molecular flexibility index (Phi) is 7.80. The summed E-state index contributed by atoms with van der Waals surface area (Å²) >= 11 is 6.22. The summed E-state index contributed by atoms with van der Waals surface area (Å²) in [4.78, 5) is 27.4. The first-order valence-electron chi connectivity index (χ1n) is 10.8. The van der Waals surface area contributed by atoms with Crippen LogP contribution < -0.4 is 9.47 Å². The number of halogens is 1. The van der Waals surface area contributed by atoms with Gasteiger partial charge in [0.2, 0.25) is 0 Å². The molecule has 2 aromatic rings. The fraction of sp³-hybridized carbons (Fsp3) is 0.360. The van der Waals surface area contributed by atoms with Crippen LogP contribution in [0, 0.1) is 0 Å². The number of aliphatic hydroxyl groups is 1. The van der Waals surface area contributed by atoms with Crippen molar-refractivity contribution in [2.45, 2.75) is 39.2 Å². The molecular formula is C25H28ClNO5. The molecule has 6 nitrogen and oxygen atoms in total. The molecule has 1 fully saturated rings. The summed E-state index contributed by atoms with van der Waals surface area (Å²) in [7, 11) is 1.49. The van der Waals surface area contributed by atoms with Gasteiger partial charge >= 0.3 is 0 Å². The first-order valence-corrected chi connectivity index (χ1v) is 11.2. The van der Waals surface area contributed by atoms with Crippen LogP contribution >= 0.6 is 11.6 Å². The molecule has 0 spiro atoms. The van der Waals surface area contributed by atoms with Crippen LogP contribution in [0.25, 0.3) is 5.76 Å². The third kappa shape index (κ3) is 4.75. The molecule has 1 atom stereocenters. The van der Waals surface area contributed by atoms with Gasteiger partial charge in [-0.25, -0.2) is 0 Å². The molecule has 0 radical (unpaired) electrons. The molecule has 32 heavy (non-hydrogen) atoms. The highest BCUT2D eigenvalue weighted by Crippen LogP contribution is 2.40. The van der Waals surface area contributed by atoms with Gasteiger partial charge in [0, 0.05) is 12.1 Å². The van der Waals surface area contributed by atoms with Crippen molar-refractivity contribution in [1.82, 2.24) is 4.90 Å². The molecule has 2 aromatic carbocycles. The Morgan fingerprint density at radius 2 is 1.81 bits per heavy atom. The molecular weight excluding hydrogens is 430 g/mol. The van der Waals surface area contributed by atoms with E-state index in [1.165, 1.54) is 18.1 Å². The summed E-state index contributed by atoms with van der Waals surface area (Å²) in [6.45, 7) is 5.07. The molecule has 1 saturated heterocycles. The molecule has 7 heteroatoms. The topological polar surface area (TPSA) is 76.1 Å². The van der Waals surface area contributed by atoms with Gasteiger partial charge in [0.15, 0.2) is 0 Å². The van der Waals surface area contributed by atoms with Crippen LogP contribution in [0.5, 0.6) is 11.5 Å². The third-order valence-electron chi connectivity index (χ3n) is 5.39. The number of hydrogen-bond acceptors (Lipinski definition) is 5. The van der Waals surface area contributed by atoms with E-state index in [2.05, 4.69) is 0 Å². The second-order valence-corrected chi connectivity index (χ2v) is 8.02. The van der Waals surface area contributed by atoms with Gasteiger partial charge in [0.25, 0.3) is 11.7 Å². The Hall–Kier alpha value is -2.99. The van der Waals surface area contributed by atoms with E-state index in [9.17, 15) is 14.7 Å². The summed E-state index contributed by atoms with van der Waals surface area (Å²) in [5.41, 5.74) is 1.12. The van der Waals surface area contributed by atoms with Gasteiger partial charge in [0.1, 0.15) is 17.3 Å². The van der Waals surface area contributed by atoms with Crippen LogP contribution in [0.1, 0.15) is 50.3 Å². The Labute approximate surface area is 193 Å². The SMILES string of the molecule is CCCCN1C(=O)C(=O)/C(=C(\O)c2ccc(OC)c(Cl)c2)C1c1ccc(OCCC)cc1. The number of hydrogen-bond donors (Lipinski definition) is 1. The Balaban J connectivity index is 2.09. The first-order chi connectivity index (χ1) is 15.4. The smallest absolute Gasteiger partial charge is 0.295 e. The second-order valence-electron chi connectivity index (χ2n) is 7.61. The molecule has 1 N–H and O–H groups in total. The maximum absolute atomic E-state index is 13.0. The van der Waals surface area contributed by atoms with E-state index in [-0.39, 0.29) is 11.3 Å². The van der Waals surface area contributed by atoms with Crippen LogP contribution in [0.4, 0.5) is 0 Å². The summed E-state index contributed by atoms with van der Waals surface area (Å²) in [5.74, 6) is -0.421. The number of rotatable bonds is 9. The zero-order valence-corrected chi connectivity index (χ0v) is 19.3. The molecule has 0 aliphatic carbocycles. The Morgan fingerprint density at radius 1 is 1.09 bits per heavy atom. The monoisotopic (exact) mass is 457 g/mol. The maximum Gasteiger partial charge on any atom is 0.295 e. The van der Waals surface area contributed by atoms with Crippen molar-refractivity contribution in [2.24, 2.45) is 0 Å². The second kappa shape index (κ2) is 10.6. The van der Waals surface area contributed by atoms with E-state index in [0.717, 1.165) is 24.8 Å². The van der Waals surface area contributed by atoms with Crippen molar-refractivity contribution in [3.63, 3.8) is 0 Å². The van der Waals surface area contributed by atoms with Crippen molar-refractivity contribution in [1.29, 1.82) is 0 Å². The molecule has 170 valence electrons. The number of carbonyl (C=O) groups is 2. The van der Waals surface area contributed by atoms with Crippen LogP contribution in [0.3, 0.4) is 0 Å². The number of benzene rings is 2. The lowest BCUT2D eigenvalue weighted by molar-refractivity contribution is -0.139. The molecule has 3 rings (SSSR count). The maximum atomic E-state index is 13.0. The predicted octanol–water partition coefficient (Wildman–Crippen LogP) is 5.36. The average molecular weight is 458 g/mol. The van der Waals surface area contributed by atoms with Gasteiger partial charge in [-0.15, -0.1) is 0 Å². The highest BCUT2D eigenvalue weighted by atomic mass is 35.5. The number of carbonyl (C=O) groups excluding carboxylic acids is 2. The number of aliphatic hydroxyl groups excluding tert-OH is 1. The summed E-state index contributed by atoms with van der Waals surface area (Å²) in [5, 5.41) is 11.4. The normalized spacial score (nSPS) is 17.6. The molecule has 0 bridgehead atoms. The molecule has 1 amide bonds. The van der Waals surface area contributed by atoms with Crippen molar-refractivity contribution in [2.75, 3.05) is 20.3 Å². The molecule has 1 aliphatic rings. The van der Waals surface area contributed by atoms with Gasteiger partial charge in [-0.1, -0.05) is 44.0 Å². The quantitative estimate of drug-likeness (QED) is 0.311. The van der Waals surface area contributed by atoms with E-state index in [0.29, 0.717) is 35.2 Å². The van der Waals surface area contributed by atoms with Gasteiger partial charge in [-0.05, 0) is 48.7 Å². The van der Waals surface area contributed by atoms with Crippen LogP contribution in [-0.4, -0.2) is 42.0 Å². The van der Waals surface area contributed by atoms with Gasteiger partial charge in [0.05, 0.1) is 30.4 Å². The molecule has 0 saturated carbocycles. The van der Waals surface area contributed by atoms with Gasteiger partial charge in [-0.3, -0.25) is 9.59 Å². The Bertz CT molecular complexity index is 1020. The predicted molar refractivity (Wildman–Crippen MR) is 124 cm³/mol. The fourth-order valence-corrected chi connectivity index (χ4v) is 3.98. The van der Waals surface area contributed by atoms with Crippen LogP contribution in [0.15, 0.2) is 48.0 Å². The van der Waals surface area contributed by atoms with Crippen molar-refractivity contribution in [3.05, 3.63) is 64.2 Å². The minimum Gasteiger partial charge on any atom is -0.507 e. The summed E-state index contributed by atoms with van der Waals surface area (Å²) in [6, 6.07) is 11.3. The molecule has 1 heterocycles. The van der Waals surface area contributed by atoms with Crippen LogP contribution in [-0.2, 0) is 9.59 Å². The number of ether oxygens (including phenoxy) is 2. The Morgan fingerprint density at radius 3 is 2.41 bits per heavy atom. The van der Waals surface area contributed by atoms with Crippen molar-refractivity contribution < 1.29 is 24.2 Å². The zero-order chi connectivity index (χ0) is 23.3. The van der Waals surface area contributed by atoms with E-state index in [4.69, 9.17) is 21.1 Å². The molecule has 1 unspecified atom stereocenters. The number of amides is 1. The number of nitrogens with zero attached hydrogens (tertiary/aromatic N) is 1.